The van der Waals surface area contributed by atoms with Gasteiger partial charge >= 0.3 is 0 Å². The highest BCUT2D eigenvalue weighted by molar-refractivity contribution is 6.06. The number of benzene rings is 1. The molecule has 1 aliphatic heterocycles. The number of nitrogens with one attached hydrogen (secondary N) is 1. The molecule has 1 atom stereocenters. The van der Waals surface area contributed by atoms with Crippen LogP contribution in [0.4, 0.5) is 5.69 Å². The molecule has 1 aliphatic rings. The van der Waals surface area contributed by atoms with Gasteiger partial charge < -0.3 is 5.32 Å². The summed E-state index contributed by atoms with van der Waals surface area (Å²) in [6.07, 6.45) is 0. The van der Waals surface area contributed by atoms with Crippen LogP contribution in [0.5, 0.6) is 0 Å². The summed E-state index contributed by atoms with van der Waals surface area (Å²) in [6.45, 7) is 3.28. The monoisotopic (exact) mass is 243 g/mol. The van der Waals surface area contributed by atoms with Gasteiger partial charge in [0.25, 0.3) is 5.91 Å². The molecule has 5 heteroatoms. The Labute approximate surface area is 105 Å². The normalized spacial score (nSPS) is 17.3. The van der Waals surface area contributed by atoms with Crippen LogP contribution in [0.15, 0.2) is 18.2 Å². The van der Waals surface area contributed by atoms with Gasteiger partial charge in [0.05, 0.1) is 11.8 Å². The number of hydrogen-bond acceptors (Lipinski definition) is 3. The molecular weight excluding hydrogens is 230 g/mol. The molecule has 0 unspecified atom stereocenters. The number of nitrogens with zero attached hydrogens (tertiary/aromatic N) is 2. The first-order chi connectivity index (χ1) is 8.54. The molecule has 18 heavy (non-hydrogen) atoms. The lowest BCUT2D eigenvalue weighted by Gasteiger charge is -2.13. The van der Waals surface area contributed by atoms with E-state index in [0.717, 1.165) is 11.1 Å². The second-order valence-corrected chi connectivity index (χ2v) is 4.28. The molecule has 0 aliphatic carbocycles. The van der Waals surface area contributed by atoms with E-state index in [-0.39, 0.29) is 18.4 Å². The van der Waals surface area contributed by atoms with Crippen LogP contribution in [-0.4, -0.2) is 18.4 Å². The van der Waals surface area contributed by atoms with E-state index in [2.05, 4.69) is 5.32 Å². The lowest BCUT2D eigenvalue weighted by atomic mass is 10.1. The van der Waals surface area contributed by atoms with E-state index in [1.54, 1.807) is 0 Å². The van der Waals surface area contributed by atoms with Crippen LogP contribution in [0.2, 0.25) is 0 Å². The number of carbonyl (C=O) groups is 2. The molecular formula is C13H13N3O2. The van der Waals surface area contributed by atoms with Gasteiger partial charge in [-0.1, -0.05) is 17.7 Å². The Hall–Kier alpha value is -2.35. The van der Waals surface area contributed by atoms with Gasteiger partial charge in [-0.05, 0) is 13.0 Å². The van der Waals surface area contributed by atoms with Gasteiger partial charge in [0.1, 0.15) is 12.6 Å². The van der Waals surface area contributed by atoms with Crippen molar-refractivity contribution in [1.29, 1.82) is 5.26 Å². The zero-order chi connectivity index (χ0) is 13.3. The van der Waals surface area contributed by atoms with Gasteiger partial charge in [-0.3, -0.25) is 14.5 Å². The molecule has 0 spiro atoms. The molecule has 5 nitrogen and oxygen atoms in total. The maximum absolute atomic E-state index is 12.2. The molecule has 0 fully saturated rings. The third kappa shape index (κ3) is 1.93. The van der Waals surface area contributed by atoms with Gasteiger partial charge in [-0.2, -0.15) is 5.26 Å². The minimum atomic E-state index is -0.675. The van der Waals surface area contributed by atoms with E-state index >= 15 is 0 Å². The molecule has 0 saturated heterocycles. The Kier molecular flexibility index (Phi) is 3.02. The topological polar surface area (TPSA) is 73.2 Å². The highest BCUT2D eigenvalue weighted by Gasteiger charge is 2.37. The first kappa shape index (κ1) is 12.1. The third-order valence-corrected chi connectivity index (χ3v) is 2.87. The van der Waals surface area contributed by atoms with Crippen molar-refractivity contribution in [3.63, 3.8) is 0 Å². The van der Waals surface area contributed by atoms with Crippen LogP contribution in [0.3, 0.4) is 0 Å². The van der Waals surface area contributed by atoms with Gasteiger partial charge in [-0.25, -0.2) is 0 Å². The maximum atomic E-state index is 12.2. The molecule has 0 bridgehead atoms. The van der Waals surface area contributed by atoms with E-state index in [0.29, 0.717) is 5.69 Å². The molecule has 1 aromatic rings. The summed E-state index contributed by atoms with van der Waals surface area (Å²) in [5.41, 5.74) is 2.46. The standard InChI is InChI=1S/C13H13N3O2/c1-8-3-4-11-10(7-8)12(15-9(2)17)13(18)16(11)6-5-14/h3-4,7,12H,6H2,1-2H3,(H,15,17)/t12-/m1/s1. The largest absolute Gasteiger partial charge is 0.341 e. The third-order valence-electron chi connectivity index (χ3n) is 2.87. The van der Waals surface area contributed by atoms with Crippen molar-refractivity contribution >= 4 is 17.5 Å². The molecule has 92 valence electrons. The summed E-state index contributed by atoms with van der Waals surface area (Å²) in [5, 5.41) is 11.4. The number of carbonyl (C=O) groups excluding carboxylic acids is 2. The van der Waals surface area contributed by atoms with Gasteiger partial charge in [-0.15, -0.1) is 0 Å². The van der Waals surface area contributed by atoms with Crippen LogP contribution >= 0.6 is 0 Å². The van der Waals surface area contributed by atoms with E-state index in [4.69, 9.17) is 5.26 Å². The van der Waals surface area contributed by atoms with E-state index < -0.39 is 6.04 Å². The van der Waals surface area contributed by atoms with Crippen molar-refractivity contribution in [3.05, 3.63) is 29.3 Å². The Morgan fingerprint density at radius 2 is 2.28 bits per heavy atom. The molecule has 1 aromatic carbocycles. The van der Waals surface area contributed by atoms with E-state index in [1.807, 2.05) is 31.2 Å². The Bertz CT molecular complexity index is 560. The van der Waals surface area contributed by atoms with Crippen molar-refractivity contribution < 1.29 is 9.59 Å². The van der Waals surface area contributed by atoms with Crippen LogP contribution in [0, 0.1) is 18.3 Å². The minimum Gasteiger partial charge on any atom is -0.341 e. The minimum absolute atomic E-state index is 0.00895. The highest BCUT2D eigenvalue weighted by Crippen LogP contribution is 2.36. The van der Waals surface area contributed by atoms with Crippen molar-refractivity contribution in [1.82, 2.24) is 5.32 Å². The van der Waals surface area contributed by atoms with E-state index in [1.165, 1.54) is 11.8 Å². The smallest absolute Gasteiger partial charge is 0.255 e. The van der Waals surface area contributed by atoms with Crippen molar-refractivity contribution in [2.75, 3.05) is 11.4 Å². The molecule has 2 rings (SSSR count). The zero-order valence-electron chi connectivity index (χ0n) is 10.2. The summed E-state index contributed by atoms with van der Waals surface area (Å²) in [7, 11) is 0. The number of rotatable bonds is 2. The number of anilines is 1. The molecule has 0 radical (unpaired) electrons. The van der Waals surface area contributed by atoms with E-state index in [9.17, 15) is 9.59 Å². The Morgan fingerprint density at radius 3 is 2.89 bits per heavy atom. The fraction of sp³-hybridized carbons (Fsp3) is 0.308. The number of hydrogen-bond donors (Lipinski definition) is 1. The molecule has 1 heterocycles. The fourth-order valence-corrected chi connectivity index (χ4v) is 2.14. The number of amides is 2. The quantitative estimate of drug-likeness (QED) is 0.789. The average molecular weight is 243 g/mol. The Balaban J connectivity index is 2.47. The zero-order valence-corrected chi connectivity index (χ0v) is 10.2. The number of fused-ring (bicyclic) bond motifs is 1. The molecule has 0 saturated carbocycles. The van der Waals surface area contributed by atoms with Gasteiger partial charge in [0.15, 0.2) is 0 Å². The second kappa shape index (κ2) is 4.49. The maximum Gasteiger partial charge on any atom is 0.255 e. The predicted octanol–water partition coefficient (Wildman–Crippen LogP) is 1.04. The van der Waals surface area contributed by atoms with Gasteiger partial charge in [0.2, 0.25) is 5.91 Å². The lowest BCUT2D eigenvalue weighted by Crippen LogP contribution is -2.36. The summed E-state index contributed by atoms with van der Waals surface area (Å²) in [5.74, 6) is -0.521. The summed E-state index contributed by atoms with van der Waals surface area (Å²) in [6, 6.07) is 6.84. The second-order valence-electron chi connectivity index (χ2n) is 4.28. The molecule has 1 N–H and O–H groups in total. The summed E-state index contributed by atoms with van der Waals surface area (Å²) >= 11 is 0. The van der Waals surface area contributed by atoms with Crippen molar-refractivity contribution in [2.45, 2.75) is 19.9 Å². The van der Waals surface area contributed by atoms with Crippen molar-refractivity contribution in [3.8, 4) is 6.07 Å². The van der Waals surface area contributed by atoms with Crippen LogP contribution < -0.4 is 10.2 Å². The first-order valence-electron chi connectivity index (χ1n) is 5.60. The summed E-state index contributed by atoms with van der Waals surface area (Å²) in [4.78, 5) is 24.7. The SMILES string of the molecule is CC(=O)N[C@H]1C(=O)N(CC#N)c2ccc(C)cc21. The van der Waals surface area contributed by atoms with Crippen LogP contribution in [0.1, 0.15) is 24.1 Å². The highest BCUT2D eigenvalue weighted by atomic mass is 16.2. The molecule has 0 aromatic heterocycles. The summed E-state index contributed by atoms with van der Waals surface area (Å²) < 4.78 is 0. The van der Waals surface area contributed by atoms with Crippen LogP contribution in [-0.2, 0) is 9.59 Å². The number of aryl methyl sites for hydroxylation is 1. The van der Waals surface area contributed by atoms with Crippen LogP contribution in [0.25, 0.3) is 0 Å². The Morgan fingerprint density at radius 1 is 1.56 bits per heavy atom. The lowest BCUT2D eigenvalue weighted by molar-refractivity contribution is -0.126. The van der Waals surface area contributed by atoms with Gasteiger partial charge in [0, 0.05) is 12.5 Å². The number of nitriles is 1. The van der Waals surface area contributed by atoms with Crippen molar-refractivity contribution in [2.24, 2.45) is 0 Å². The predicted molar refractivity (Wildman–Crippen MR) is 65.7 cm³/mol. The fourth-order valence-electron chi connectivity index (χ4n) is 2.14. The average Bonchev–Trinajstić information content (AvgIpc) is 2.54. The molecule has 2 amide bonds. The first-order valence-corrected chi connectivity index (χ1v) is 5.60.